The fraction of sp³-hybridized carbons (Fsp3) is 0.636. The fourth-order valence-electron chi connectivity index (χ4n) is 1.57. The average Bonchev–Trinajstić information content (AvgIpc) is 2.95. The lowest BCUT2D eigenvalue weighted by molar-refractivity contribution is -0.121. The fourth-order valence-corrected chi connectivity index (χ4v) is 1.57. The van der Waals surface area contributed by atoms with Crippen LogP contribution in [0.25, 0.3) is 0 Å². The highest BCUT2D eigenvalue weighted by molar-refractivity contribution is 5.76. The van der Waals surface area contributed by atoms with Crippen molar-refractivity contribution in [2.24, 2.45) is 7.05 Å². The molecular formula is C11H17N3O. The summed E-state index contributed by atoms with van der Waals surface area (Å²) in [5.41, 5.74) is 2.32. The Balaban J connectivity index is 1.81. The van der Waals surface area contributed by atoms with E-state index in [1.54, 1.807) is 0 Å². The second kappa shape index (κ2) is 4.04. The van der Waals surface area contributed by atoms with Crippen LogP contribution in [0.2, 0.25) is 0 Å². The molecule has 1 heterocycles. The normalized spacial score (nSPS) is 15.3. The molecule has 2 rings (SSSR count). The Labute approximate surface area is 89.7 Å². The zero-order valence-electron chi connectivity index (χ0n) is 9.29. The Morgan fingerprint density at radius 2 is 2.40 bits per heavy atom. The Morgan fingerprint density at radius 1 is 1.67 bits per heavy atom. The zero-order valence-corrected chi connectivity index (χ0v) is 9.29. The first-order valence-corrected chi connectivity index (χ1v) is 5.43. The van der Waals surface area contributed by atoms with Crippen molar-refractivity contribution in [3.05, 3.63) is 17.5 Å². The van der Waals surface area contributed by atoms with Gasteiger partial charge in [-0.2, -0.15) is 5.10 Å². The molecule has 1 aliphatic carbocycles. The largest absolute Gasteiger partial charge is 0.353 e. The van der Waals surface area contributed by atoms with Crippen molar-refractivity contribution in [2.45, 2.75) is 38.6 Å². The summed E-state index contributed by atoms with van der Waals surface area (Å²) in [4.78, 5) is 11.4. The molecule has 0 spiro atoms. The van der Waals surface area contributed by atoms with Gasteiger partial charge in [0.1, 0.15) is 0 Å². The highest BCUT2D eigenvalue weighted by atomic mass is 16.1. The van der Waals surface area contributed by atoms with Crippen LogP contribution in [-0.4, -0.2) is 21.7 Å². The van der Waals surface area contributed by atoms with Gasteiger partial charge < -0.3 is 5.32 Å². The third kappa shape index (κ3) is 2.58. The molecule has 82 valence electrons. The van der Waals surface area contributed by atoms with Crippen LogP contribution in [0.1, 0.15) is 30.5 Å². The van der Waals surface area contributed by atoms with Crippen LogP contribution in [0.3, 0.4) is 0 Å². The number of carbonyl (C=O) groups excluding carboxylic acids is 1. The first-order chi connectivity index (χ1) is 7.16. The van der Waals surface area contributed by atoms with Crippen molar-refractivity contribution in [3.63, 3.8) is 0 Å². The second-order valence-corrected chi connectivity index (χ2v) is 4.22. The summed E-state index contributed by atoms with van der Waals surface area (Å²) in [6, 6.07) is 0.465. The Bertz CT molecular complexity index is 366. The number of nitrogens with one attached hydrogen (secondary N) is 1. The highest BCUT2D eigenvalue weighted by Crippen LogP contribution is 2.18. The van der Waals surface area contributed by atoms with Crippen LogP contribution >= 0.6 is 0 Å². The minimum atomic E-state index is 0.167. The maximum absolute atomic E-state index is 11.4. The van der Waals surface area contributed by atoms with Crippen LogP contribution in [0.15, 0.2) is 6.20 Å². The molecule has 1 aromatic heterocycles. The van der Waals surface area contributed by atoms with E-state index in [9.17, 15) is 4.79 Å². The average molecular weight is 207 g/mol. The first-order valence-electron chi connectivity index (χ1n) is 5.43. The van der Waals surface area contributed by atoms with Crippen LogP contribution in [0, 0.1) is 6.92 Å². The van der Waals surface area contributed by atoms with Gasteiger partial charge in [0.05, 0.1) is 6.20 Å². The third-order valence-corrected chi connectivity index (χ3v) is 2.90. The van der Waals surface area contributed by atoms with Crippen LogP contribution in [0.5, 0.6) is 0 Å². The number of aryl methyl sites for hydroxylation is 2. The number of amides is 1. The van der Waals surface area contributed by atoms with Crippen molar-refractivity contribution < 1.29 is 4.79 Å². The summed E-state index contributed by atoms with van der Waals surface area (Å²) in [6.07, 6.45) is 5.51. The van der Waals surface area contributed by atoms with Gasteiger partial charge in [-0.05, 0) is 31.7 Å². The second-order valence-electron chi connectivity index (χ2n) is 4.22. The Kier molecular flexibility index (Phi) is 2.75. The lowest BCUT2D eigenvalue weighted by Crippen LogP contribution is -2.25. The molecule has 0 aliphatic heterocycles. The van der Waals surface area contributed by atoms with E-state index in [0.29, 0.717) is 12.5 Å². The third-order valence-electron chi connectivity index (χ3n) is 2.90. The predicted octanol–water partition coefficient (Wildman–Crippen LogP) is 0.940. The van der Waals surface area contributed by atoms with E-state index in [2.05, 4.69) is 10.4 Å². The van der Waals surface area contributed by atoms with Crippen molar-refractivity contribution in [2.75, 3.05) is 0 Å². The Hall–Kier alpha value is -1.32. The summed E-state index contributed by atoms with van der Waals surface area (Å²) >= 11 is 0. The summed E-state index contributed by atoms with van der Waals surface area (Å²) in [6.45, 7) is 2.03. The van der Waals surface area contributed by atoms with E-state index in [1.165, 1.54) is 5.56 Å². The van der Waals surface area contributed by atoms with Crippen molar-refractivity contribution in [1.29, 1.82) is 0 Å². The summed E-state index contributed by atoms with van der Waals surface area (Å²) in [5.74, 6) is 0.167. The van der Waals surface area contributed by atoms with Gasteiger partial charge >= 0.3 is 0 Å². The molecule has 4 nitrogen and oxygen atoms in total. The van der Waals surface area contributed by atoms with E-state index in [4.69, 9.17) is 0 Å². The van der Waals surface area contributed by atoms with Gasteiger partial charge in [0.2, 0.25) is 5.91 Å². The molecule has 0 saturated heterocycles. The van der Waals surface area contributed by atoms with Crippen molar-refractivity contribution >= 4 is 5.91 Å². The number of nitrogens with zero attached hydrogens (tertiary/aromatic N) is 2. The van der Waals surface area contributed by atoms with Gasteiger partial charge in [-0.1, -0.05) is 0 Å². The topological polar surface area (TPSA) is 46.9 Å². The van der Waals surface area contributed by atoms with Crippen molar-refractivity contribution in [3.8, 4) is 0 Å². The summed E-state index contributed by atoms with van der Waals surface area (Å²) in [5, 5.41) is 7.14. The predicted molar refractivity (Wildman–Crippen MR) is 57.4 cm³/mol. The maximum Gasteiger partial charge on any atom is 0.220 e. The van der Waals surface area contributed by atoms with Gasteiger partial charge in [-0.15, -0.1) is 0 Å². The number of carbonyl (C=O) groups is 1. The minimum Gasteiger partial charge on any atom is -0.353 e. The lowest BCUT2D eigenvalue weighted by atomic mass is 10.1. The zero-order chi connectivity index (χ0) is 10.8. The van der Waals surface area contributed by atoms with E-state index in [-0.39, 0.29) is 5.91 Å². The van der Waals surface area contributed by atoms with Gasteiger partial charge in [-0.25, -0.2) is 0 Å². The molecule has 1 amide bonds. The standard InChI is InChI=1S/C11H17N3O/c1-8-9(7-12-14(8)2)3-6-11(15)13-10-4-5-10/h7,10H,3-6H2,1-2H3,(H,13,15). The SMILES string of the molecule is Cc1c(CCC(=O)NC2CC2)cnn1C. The van der Waals surface area contributed by atoms with E-state index in [1.807, 2.05) is 24.9 Å². The smallest absolute Gasteiger partial charge is 0.220 e. The maximum atomic E-state index is 11.4. The Morgan fingerprint density at radius 3 is 2.93 bits per heavy atom. The minimum absolute atomic E-state index is 0.167. The number of aromatic nitrogens is 2. The molecule has 0 bridgehead atoms. The van der Waals surface area contributed by atoms with E-state index < -0.39 is 0 Å². The quantitative estimate of drug-likeness (QED) is 0.798. The van der Waals surface area contributed by atoms with Crippen LogP contribution in [-0.2, 0) is 18.3 Å². The molecule has 1 aromatic rings. The monoisotopic (exact) mass is 207 g/mol. The first kappa shape index (κ1) is 10.2. The molecule has 0 unspecified atom stereocenters. The number of rotatable bonds is 4. The molecule has 1 aliphatic rings. The highest BCUT2D eigenvalue weighted by Gasteiger charge is 2.22. The van der Waals surface area contributed by atoms with Crippen molar-refractivity contribution in [1.82, 2.24) is 15.1 Å². The van der Waals surface area contributed by atoms with Gasteiger partial charge in [0.15, 0.2) is 0 Å². The molecule has 15 heavy (non-hydrogen) atoms. The molecule has 0 atom stereocenters. The van der Waals surface area contributed by atoms with Crippen LogP contribution < -0.4 is 5.32 Å². The van der Waals surface area contributed by atoms with E-state index in [0.717, 1.165) is 25.0 Å². The number of hydrogen-bond donors (Lipinski definition) is 1. The molecule has 1 N–H and O–H groups in total. The molecular weight excluding hydrogens is 190 g/mol. The van der Waals surface area contributed by atoms with E-state index >= 15 is 0 Å². The van der Waals surface area contributed by atoms with Gasteiger partial charge in [0, 0.05) is 25.2 Å². The molecule has 1 saturated carbocycles. The molecule has 0 aromatic carbocycles. The van der Waals surface area contributed by atoms with Gasteiger partial charge in [0.25, 0.3) is 0 Å². The molecule has 4 heteroatoms. The molecule has 1 fully saturated rings. The lowest BCUT2D eigenvalue weighted by Gasteiger charge is -2.02. The van der Waals surface area contributed by atoms with Gasteiger partial charge in [-0.3, -0.25) is 9.48 Å². The molecule has 0 radical (unpaired) electrons. The number of hydrogen-bond acceptors (Lipinski definition) is 2. The summed E-state index contributed by atoms with van der Waals surface area (Å²) in [7, 11) is 1.92. The summed E-state index contributed by atoms with van der Waals surface area (Å²) < 4.78 is 1.84. The van der Waals surface area contributed by atoms with Crippen LogP contribution in [0.4, 0.5) is 0 Å².